The van der Waals surface area contributed by atoms with Crippen LogP contribution in [-0.2, 0) is 4.79 Å². The molecule has 0 aromatic carbocycles. The molecule has 1 rings (SSSR count). The highest BCUT2D eigenvalue weighted by Gasteiger charge is 2.64. The number of primary amides is 1. The lowest BCUT2D eigenvalue weighted by Gasteiger charge is -2.07. The van der Waals surface area contributed by atoms with Crippen LogP contribution in [0.2, 0.25) is 0 Å². The largest absolute Gasteiger partial charge is 0.379 e. The number of rotatable bonds is 1. The summed E-state index contributed by atoms with van der Waals surface area (Å²) in [5.74, 6) is -0.604. The first kappa shape index (κ1) is 6.55. The van der Waals surface area contributed by atoms with Crippen molar-refractivity contribution in [2.75, 3.05) is 0 Å². The van der Waals surface area contributed by atoms with Gasteiger partial charge in [0.25, 0.3) is 0 Å². The zero-order valence-electron chi connectivity index (χ0n) is 5.64. The highest BCUT2D eigenvalue weighted by Crippen LogP contribution is 2.55. The van der Waals surface area contributed by atoms with Crippen molar-refractivity contribution in [3.05, 3.63) is 0 Å². The molecule has 0 saturated heterocycles. The first-order valence-electron chi connectivity index (χ1n) is 2.92. The molecule has 3 nitrogen and oxygen atoms in total. The molecule has 0 aliphatic heterocycles. The molecule has 0 bridgehead atoms. The maximum atomic E-state index is 10.5. The topological polar surface area (TPSA) is 63.3 Å². The fourth-order valence-corrected chi connectivity index (χ4v) is 1.02. The van der Waals surface area contributed by atoms with Gasteiger partial charge in [-0.05, 0) is 6.42 Å². The van der Waals surface area contributed by atoms with Gasteiger partial charge in [-0.2, -0.15) is 0 Å². The van der Waals surface area contributed by atoms with Crippen molar-refractivity contribution in [1.82, 2.24) is 0 Å². The summed E-state index contributed by atoms with van der Waals surface area (Å²) in [5, 5.41) is 9.26. The summed E-state index contributed by atoms with van der Waals surface area (Å²) >= 11 is 0. The Hall–Kier alpha value is -0.570. The van der Waals surface area contributed by atoms with Gasteiger partial charge in [-0.25, -0.2) is 0 Å². The molecule has 1 amide bonds. The molecule has 0 aromatic rings. The van der Waals surface area contributed by atoms with Crippen LogP contribution in [0.3, 0.4) is 0 Å². The van der Waals surface area contributed by atoms with E-state index in [0.717, 1.165) is 0 Å². The van der Waals surface area contributed by atoms with E-state index in [9.17, 15) is 9.90 Å². The number of hydrogen-bond donors (Lipinski definition) is 2. The first-order valence-corrected chi connectivity index (χ1v) is 2.92. The van der Waals surface area contributed by atoms with E-state index in [1.165, 1.54) is 0 Å². The fraction of sp³-hybridized carbons (Fsp3) is 0.833. The molecule has 0 aromatic heterocycles. The average Bonchev–Trinajstić information content (AvgIpc) is 2.08. The molecule has 1 atom stereocenters. The van der Waals surface area contributed by atoms with Gasteiger partial charge in [0.1, 0.15) is 5.60 Å². The molecular formula is C6H11NO2. The molecule has 1 fully saturated rings. The summed E-state index contributed by atoms with van der Waals surface area (Å²) in [4.78, 5) is 10.5. The normalized spacial score (nSPS) is 38.1. The summed E-state index contributed by atoms with van der Waals surface area (Å²) in [6.07, 6.45) is 0.495. The minimum atomic E-state index is -1.22. The number of carbonyl (C=O) groups is 1. The van der Waals surface area contributed by atoms with Crippen molar-refractivity contribution >= 4 is 5.91 Å². The monoisotopic (exact) mass is 129 g/mol. The maximum absolute atomic E-state index is 10.5. The third kappa shape index (κ3) is 0.645. The van der Waals surface area contributed by atoms with Gasteiger partial charge in [0.05, 0.1) is 0 Å². The van der Waals surface area contributed by atoms with Gasteiger partial charge in [0, 0.05) is 5.41 Å². The smallest absolute Gasteiger partial charge is 0.249 e. The summed E-state index contributed by atoms with van der Waals surface area (Å²) in [5.41, 5.74) is 3.41. The Morgan fingerprint density at radius 2 is 2.00 bits per heavy atom. The lowest BCUT2D eigenvalue weighted by atomic mass is 10.1. The molecule has 1 aliphatic carbocycles. The van der Waals surface area contributed by atoms with Gasteiger partial charge >= 0.3 is 0 Å². The van der Waals surface area contributed by atoms with E-state index < -0.39 is 11.5 Å². The predicted molar refractivity (Wildman–Crippen MR) is 32.5 cm³/mol. The molecule has 52 valence electrons. The number of amides is 1. The Labute approximate surface area is 53.9 Å². The van der Waals surface area contributed by atoms with Crippen molar-refractivity contribution < 1.29 is 9.90 Å². The third-order valence-electron chi connectivity index (χ3n) is 2.10. The second-order valence-electron chi connectivity index (χ2n) is 3.29. The van der Waals surface area contributed by atoms with Gasteiger partial charge in [0.15, 0.2) is 0 Å². The zero-order chi connectivity index (χ0) is 7.28. The number of hydrogen-bond acceptors (Lipinski definition) is 2. The molecule has 0 heterocycles. The van der Waals surface area contributed by atoms with Gasteiger partial charge in [-0.1, -0.05) is 13.8 Å². The van der Waals surface area contributed by atoms with Crippen LogP contribution in [0, 0.1) is 5.41 Å². The lowest BCUT2D eigenvalue weighted by Crippen LogP contribution is -2.34. The van der Waals surface area contributed by atoms with Crippen LogP contribution in [0.15, 0.2) is 0 Å². The van der Waals surface area contributed by atoms with E-state index >= 15 is 0 Å². The Morgan fingerprint density at radius 3 is 2.00 bits per heavy atom. The van der Waals surface area contributed by atoms with Crippen LogP contribution in [0.4, 0.5) is 0 Å². The summed E-state index contributed by atoms with van der Waals surface area (Å²) in [6.45, 7) is 3.63. The van der Waals surface area contributed by atoms with E-state index in [1.807, 2.05) is 13.8 Å². The average molecular weight is 129 g/mol. The second kappa shape index (κ2) is 1.29. The van der Waals surface area contributed by atoms with Crippen molar-refractivity contribution in [2.24, 2.45) is 11.1 Å². The van der Waals surface area contributed by atoms with E-state index in [-0.39, 0.29) is 5.41 Å². The number of aliphatic hydroxyl groups is 1. The van der Waals surface area contributed by atoms with Crippen molar-refractivity contribution in [3.63, 3.8) is 0 Å². The molecule has 1 saturated carbocycles. The first-order chi connectivity index (χ1) is 3.90. The summed E-state index contributed by atoms with van der Waals surface area (Å²) in [6, 6.07) is 0. The summed E-state index contributed by atoms with van der Waals surface area (Å²) in [7, 11) is 0. The Morgan fingerprint density at radius 1 is 1.67 bits per heavy atom. The molecule has 3 heteroatoms. The summed E-state index contributed by atoms with van der Waals surface area (Å²) < 4.78 is 0. The van der Waals surface area contributed by atoms with E-state index in [4.69, 9.17) is 5.73 Å². The fourth-order valence-electron chi connectivity index (χ4n) is 1.02. The maximum Gasteiger partial charge on any atom is 0.249 e. The zero-order valence-corrected chi connectivity index (χ0v) is 5.64. The molecule has 1 aliphatic rings. The molecule has 0 spiro atoms. The minimum absolute atomic E-state index is 0.293. The van der Waals surface area contributed by atoms with Crippen LogP contribution in [-0.4, -0.2) is 16.6 Å². The van der Waals surface area contributed by atoms with E-state index in [2.05, 4.69) is 0 Å². The van der Waals surface area contributed by atoms with Crippen LogP contribution in [0.25, 0.3) is 0 Å². The molecule has 1 unspecified atom stereocenters. The standard InChI is InChI=1S/C6H11NO2/c1-5(2)3-6(5,9)4(7)8/h9H,3H2,1-2H3,(H2,7,8). The van der Waals surface area contributed by atoms with Gasteiger partial charge in [-0.3, -0.25) is 4.79 Å². The molecular weight excluding hydrogens is 118 g/mol. The Bertz CT molecular complexity index is 164. The highest BCUT2D eigenvalue weighted by atomic mass is 16.3. The van der Waals surface area contributed by atoms with Gasteiger partial charge in [-0.15, -0.1) is 0 Å². The Balaban J connectivity index is 2.74. The van der Waals surface area contributed by atoms with Crippen LogP contribution < -0.4 is 5.73 Å². The lowest BCUT2D eigenvalue weighted by molar-refractivity contribution is -0.129. The van der Waals surface area contributed by atoms with Crippen LogP contribution in [0.1, 0.15) is 20.3 Å². The third-order valence-corrected chi connectivity index (χ3v) is 2.10. The predicted octanol–water partition coefficient (Wildman–Crippen LogP) is -0.367. The van der Waals surface area contributed by atoms with Crippen molar-refractivity contribution in [1.29, 1.82) is 0 Å². The number of nitrogens with two attached hydrogens (primary N) is 1. The molecule has 0 radical (unpaired) electrons. The van der Waals surface area contributed by atoms with Crippen LogP contribution in [0.5, 0.6) is 0 Å². The van der Waals surface area contributed by atoms with Crippen molar-refractivity contribution in [2.45, 2.75) is 25.9 Å². The quantitative estimate of drug-likeness (QED) is 0.507. The van der Waals surface area contributed by atoms with Gasteiger partial charge < -0.3 is 10.8 Å². The van der Waals surface area contributed by atoms with Gasteiger partial charge in [0.2, 0.25) is 5.91 Å². The number of carbonyl (C=O) groups excluding carboxylic acids is 1. The second-order valence-corrected chi connectivity index (χ2v) is 3.29. The SMILES string of the molecule is CC1(C)CC1(O)C(N)=O. The van der Waals surface area contributed by atoms with E-state index in [1.54, 1.807) is 0 Å². The molecule has 3 N–H and O–H groups in total. The van der Waals surface area contributed by atoms with E-state index in [0.29, 0.717) is 6.42 Å². The van der Waals surface area contributed by atoms with Crippen molar-refractivity contribution in [3.8, 4) is 0 Å². The van der Waals surface area contributed by atoms with Crippen LogP contribution >= 0.6 is 0 Å². The minimum Gasteiger partial charge on any atom is -0.379 e. The Kier molecular flexibility index (Phi) is 0.939. The molecule has 9 heavy (non-hydrogen) atoms. The highest BCUT2D eigenvalue weighted by molar-refractivity contribution is 5.87.